The Morgan fingerprint density at radius 2 is 1.12 bits per heavy atom. The quantitative estimate of drug-likeness (QED) is 0.353. The van der Waals surface area contributed by atoms with Crippen LogP contribution in [-0.2, 0) is 14.2 Å². The van der Waals surface area contributed by atoms with Crippen LogP contribution in [-0.4, -0.2) is 77.6 Å². The molecular weight excluding hydrogens is 440 g/mol. The SMILES string of the molecule is CC(C)(C)OC(=O)NCCCN(CCCN(CCC#N)C(=O)OC(C)(C)C)C(=O)OC(C)(C)C. The van der Waals surface area contributed by atoms with Gasteiger partial charge in [-0.1, -0.05) is 0 Å². The van der Waals surface area contributed by atoms with E-state index < -0.39 is 35.1 Å². The molecule has 0 radical (unpaired) electrons. The fourth-order valence-corrected chi connectivity index (χ4v) is 2.65. The van der Waals surface area contributed by atoms with Gasteiger partial charge < -0.3 is 29.3 Å². The largest absolute Gasteiger partial charge is 0.444 e. The Bertz CT molecular complexity index is 698. The summed E-state index contributed by atoms with van der Waals surface area (Å²) in [5, 5.41) is 11.6. The zero-order valence-electron chi connectivity index (χ0n) is 22.4. The van der Waals surface area contributed by atoms with Gasteiger partial charge in [-0.25, -0.2) is 14.4 Å². The maximum atomic E-state index is 12.7. The summed E-state index contributed by atoms with van der Waals surface area (Å²) in [5.74, 6) is 0. The first-order chi connectivity index (χ1) is 15.4. The van der Waals surface area contributed by atoms with Gasteiger partial charge in [0.15, 0.2) is 0 Å². The summed E-state index contributed by atoms with van der Waals surface area (Å²) in [7, 11) is 0. The highest BCUT2D eigenvalue weighted by molar-refractivity contribution is 5.69. The molecule has 0 atom stereocenters. The minimum atomic E-state index is -0.653. The van der Waals surface area contributed by atoms with Crippen LogP contribution in [0.3, 0.4) is 0 Å². The Morgan fingerprint density at radius 3 is 1.53 bits per heavy atom. The van der Waals surface area contributed by atoms with Gasteiger partial charge in [0.25, 0.3) is 0 Å². The van der Waals surface area contributed by atoms with E-state index in [9.17, 15) is 14.4 Å². The molecule has 1 N–H and O–H groups in total. The summed E-state index contributed by atoms with van der Waals surface area (Å²) in [6.45, 7) is 17.7. The molecule has 0 aromatic carbocycles. The third kappa shape index (κ3) is 16.9. The molecule has 34 heavy (non-hydrogen) atoms. The molecule has 0 aromatic heterocycles. The average Bonchev–Trinajstić information content (AvgIpc) is 2.61. The van der Waals surface area contributed by atoms with Crippen molar-refractivity contribution in [2.45, 2.75) is 98.4 Å². The molecule has 0 rings (SSSR count). The van der Waals surface area contributed by atoms with Crippen LogP contribution >= 0.6 is 0 Å². The lowest BCUT2D eigenvalue weighted by molar-refractivity contribution is 0.0206. The second kappa shape index (κ2) is 13.9. The van der Waals surface area contributed by atoms with Gasteiger partial charge in [-0.2, -0.15) is 5.26 Å². The van der Waals surface area contributed by atoms with Crippen molar-refractivity contribution in [3.05, 3.63) is 0 Å². The van der Waals surface area contributed by atoms with Crippen molar-refractivity contribution in [1.29, 1.82) is 5.26 Å². The van der Waals surface area contributed by atoms with E-state index in [1.165, 1.54) is 4.90 Å². The summed E-state index contributed by atoms with van der Waals surface area (Å²) in [5.41, 5.74) is -1.89. The number of ether oxygens (including phenoxy) is 3. The molecule has 0 aliphatic carbocycles. The van der Waals surface area contributed by atoms with E-state index in [4.69, 9.17) is 19.5 Å². The molecule has 0 aliphatic heterocycles. The lowest BCUT2D eigenvalue weighted by atomic mass is 10.2. The van der Waals surface area contributed by atoms with Gasteiger partial charge in [0.2, 0.25) is 0 Å². The summed E-state index contributed by atoms with van der Waals surface area (Å²) >= 11 is 0. The van der Waals surface area contributed by atoms with Crippen LogP contribution in [0.5, 0.6) is 0 Å². The minimum absolute atomic E-state index is 0.186. The summed E-state index contributed by atoms with van der Waals surface area (Å²) in [4.78, 5) is 40.0. The maximum absolute atomic E-state index is 12.7. The van der Waals surface area contributed by atoms with Crippen molar-refractivity contribution in [2.24, 2.45) is 0 Å². The number of nitrogens with zero attached hydrogens (tertiary/aromatic N) is 3. The molecule has 0 heterocycles. The zero-order valence-corrected chi connectivity index (χ0v) is 22.4. The second-order valence-electron chi connectivity index (χ2n) is 11.0. The highest BCUT2D eigenvalue weighted by Crippen LogP contribution is 2.13. The normalized spacial score (nSPS) is 11.8. The molecule has 0 aromatic rings. The number of carbonyl (C=O) groups excluding carboxylic acids is 3. The van der Waals surface area contributed by atoms with Crippen LogP contribution in [0.1, 0.15) is 81.6 Å². The first-order valence-corrected chi connectivity index (χ1v) is 11.7. The van der Waals surface area contributed by atoms with E-state index >= 15 is 0 Å². The fourth-order valence-electron chi connectivity index (χ4n) is 2.65. The monoisotopic (exact) mass is 484 g/mol. The number of carbonyl (C=O) groups is 3. The van der Waals surface area contributed by atoms with Crippen molar-refractivity contribution >= 4 is 18.3 Å². The van der Waals surface area contributed by atoms with Crippen LogP contribution < -0.4 is 5.32 Å². The highest BCUT2D eigenvalue weighted by atomic mass is 16.6. The molecular formula is C24H44N4O6. The molecule has 0 unspecified atom stereocenters. The molecule has 0 saturated carbocycles. The van der Waals surface area contributed by atoms with Crippen molar-refractivity contribution in [3.63, 3.8) is 0 Å². The Kier molecular flexibility index (Phi) is 12.8. The Balaban J connectivity index is 4.96. The fraction of sp³-hybridized carbons (Fsp3) is 0.833. The lowest BCUT2D eigenvalue weighted by Crippen LogP contribution is -2.42. The van der Waals surface area contributed by atoms with Crippen LogP contribution in [0.2, 0.25) is 0 Å². The average molecular weight is 485 g/mol. The van der Waals surface area contributed by atoms with Gasteiger partial charge in [-0.05, 0) is 75.2 Å². The number of amides is 3. The molecule has 10 heteroatoms. The number of rotatable bonds is 10. The summed E-state index contributed by atoms with van der Waals surface area (Å²) < 4.78 is 16.1. The van der Waals surface area contributed by atoms with Crippen LogP contribution in [0.4, 0.5) is 14.4 Å². The van der Waals surface area contributed by atoms with E-state index in [-0.39, 0.29) is 13.0 Å². The molecule has 0 spiro atoms. The van der Waals surface area contributed by atoms with Gasteiger partial charge in [0, 0.05) is 32.7 Å². The molecule has 0 saturated heterocycles. The molecule has 3 amide bonds. The number of alkyl carbamates (subject to hydrolysis) is 1. The Hall–Kier alpha value is -2.70. The third-order valence-electron chi connectivity index (χ3n) is 3.93. The first kappa shape index (κ1) is 31.3. The summed E-state index contributed by atoms with van der Waals surface area (Å²) in [6.07, 6.45) is -0.308. The van der Waals surface area contributed by atoms with Gasteiger partial charge in [-0.3, -0.25) is 0 Å². The van der Waals surface area contributed by atoms with E-state index in [0.717, 1.165) is 0 Å². The van der Waals surface area contributed by atoms with Gasteiger partial charge >= 0.3 is 18.3 Å². The summed E-state index contributed by atoms with van der Waals surface area (Å²) in [6, 6.07) is 2.04. The molecule has 10 nitrogen and oxygen atoms in total. The van der Waals surface area contributed by atoms with E-state index in [2.05, 4.69) is 5.32 Å². The van der Waals surface area contributed by atoms with Gasteiger partial charge in [-0.15, -0.1) is 0 Å². The Morgan fingerprint density at radius 1 is 0.706 bits per heavy atom. The topological polar surface area (TPSA) is 121 Å². The van der Waals surface area contributed by atoms with Crippen molar-refractivity contribution in [3.8, 4) is 6.07 Å². The predicted molar refractivity (Wildman–Crippen MR) is 129 cm³/mol. The minimum Gasteiger partial charge on any atom is -0.444 e. The van der Waals surface area contributed by atoms with E-state index in [1.807, 2.05) is 6.07 Å². The van der Waals surface area contributed by atoms with Gasteiger partial charge in [0.1, 0.15) is 16.8 Å². The maximum Gasteiger partial charge on any atom is 0.410 e. The Labute approximate surface area is 204 Å². The number of hydrogen-bond donors (Lipinski definition) is 1. The first-order valence-electron chi connectivity index (χ1n) is 11.7. The van der Waals surface area contributed by atoms with Crippen LogP contribution in [0.15, 0.2) is 0 Å². The number of hydrogen-bond acceptors (Lipinski definition) is 7. The van der Waals surface area contributed by atoms with Crippen molar-refractivity contribution < 1.29 is 28.6 Å². The van der Waals surface area contributed by atoms with E-state index in [1.54, 1.807) is 67.2 Å². The standard InChI is InChI=1S/C24H44N4O6/c1-22(2,3)32-19(29)26-14-11-16-28(21(31)34-24(7,8)9)18-12-17-27(15-10-13-25)20(30)33-23(4,5)6/h10-12,14-18H2,1-9H3,(H,26,29). The van der Waals surface area contributed by atoms with Gasteiger partial charge in [0.05, 0.1) is 12.5 Å². The highest BCUT2D eigenvalue weighted by Gasteiger charge is 2.24. The zero-order chi connectivity index (χ0) is 26.6. The van der Waals surface area contributed by atoms with Crippen molar-refractivity contribution in [2.75, 3.05) is 32.7 Å². The molecule has 196 valence electrons. The van der Waals surface area contributed by atoms with E-state index in [0.29, 0.717) is 39.0 Å². The molecule has 0 aliphatic rings. The van der Waals surface area contributed by atoms with Crippen LogP contribution in [0, 0.1) is 11.3 Å². The third-order valence-corrected chi connectivity index (χ3v) is 3.93. The van der Waals surface area contributed by atoms with Crippen molar-refractivity contribution in [1.82, 2.24) is 15.1 Å². The number of nitriles is 1. The second-order valence-corrected chi connectivity index (χ2v) is 11.0. The molecule has 0 fully saturated rings. The lowest BCUT2D eigenvalue weighted by Gasteiger charge is -2.29. The predicted octanol–water partition coefficient (Wildman–Crippen LogP) is 4.68. The number of nitrogens with one attached hydrogen (secondary N) is 1. The van der Waals surface area contributed by atoms with Crippen LogP contribution in [0.25, 0.3) is 0 Å². The smallest absolute Gasteiger partial charge is 0.410 e. The molecule has 0 bridgehead atoms.